The van der Waals surface area contributed by atoms with Gasteiger partial charge in [0, 0.05) is 31.6 Å². The van der Waals surface area contributed by atoms with Gasteiger partial charge in [0.05, 0.1) is 0 Å². The second-order valence-electron chi connectivity index (χ2n) is 7.44. The van der Waals surface area contributed by atoms with Crippen molar-refractivity contribution in [2.24, 2.45) is 10.9 Å². The highest BCUT2D eigenvalue weighted by Gasteiger charge is 2.45. The van der Waals surface area contributed by atoms with Crippen molar-refractivity contribution in [3.63, 3.8) is 0 Å². The van der Waals surface area contributed by atoms with Crippen LogP contribution in [0.4, 0.5) is 4.39 Å². The summed E-state index contributed by atoms with van der Waals surface area (Å²) in [6, 6.07) is 7.69. The molecule has 0 saturated heterocycles. The molecule has 0 heterocycles. The zero-order valence-electron chi connectivity index (χ0n) is 15.0. The monoisotopic (exact) mass is 332 g/mol. The second kappa shape index (κ2) is 7.09. The van der Waals surface area contributed by atoms with Crippen LogP contribution in [-0.2, 0) is 5.41 Å². The molecule has 2 aliphatic rings. The summed E-state index contributed by atoms with van der Waals surface area (Å²) in [6.07, 6.45) is 4.71. The Bertz CT molecular complexity index is 589. The topological polar surface area (TPSA) is 39.7 Å². The molecule has 1 aromatic carbocycles. The van der Waals surface area contributed by atoms with Crippen LogP contribution >= 0.6 is 0 Å². The van der Waals surface area contributed by atoms with Crippen LogP contribution in [0.15, 0.2) is 29.3 Å². The van der Waals surface area contributed by atoms with Crippen LogP contribution in [0.3, 0.4) is 0 Å². The maximum Gasteiger partial charge on any atom is 0.191 e. The van der Waals surface area contributed by atoms with E-state index < -0.39 is 0 Å². The lowest BCUT2D eigenvalue weighted by molar-refractivity contribution is 0.264. The molecular weight excluding hydrogens is 303 g/mol. The predicted octanol–water partition coefficient (Wildman–Crippen LogP) is 2.36. The number of hydrogen-bond acceptors (Lipinski definition) is 2. The van der Waals surface area contributed by atoms with E-state index in [0.717, 1.165) is 43.4 Å². The van der Waals surface area contributed by atoms with E-state index in [-0.39, 0.29) is 11.2 Å². The number of hydrogen-bond donors (Lipinski definition) is 2. The van der Waals surface area contributed by atoms with E-state index in [2.05, 4.69) is 34.6 Å². The Hall–Kier alpha value is -1.62. The molecule has 0 radical (unpaired) electrons. The van der Waals surface area contributed by atoms with E-state index in [4.69, 9.17) is 0 Å². The third kappa shape index (κ3) is 3.89. The summed E-state index contributed by atoms with van der Waals surface area (Å²) in [6.45, 7) is 1.62. The summed E-state index contributed by atoms with van der Waals surface area (Å²) in [4.78, 5) is 6.62. The number of aliphatic imine (C=N–C) groups is 1. The van der Waals surface area contributed by atoms with Gasteiger partial charge in [0.25, 0.3) is 0 Å². The lowest BCUT2D eigenvalue weighted by atomic mass is 9.95. The first-order chi connectivity index (χ1) is 11.6. The highest BCUT2D eigenvalue weighted by molar-refractivity contribution is 5.79. The first-order valence-electron chi connectivity index (χ1n) is 8.92. The molecule has 3 rings (SSSR count). The average Bonchev–Trinajstić information content (AvgIpc) is 3.45. The average molecular weight is 332 g/mol. The predicted molar refractivity (Wildman–Crippen MR) is 96.9 cm³/mol. The highest BCUT2D eigenvalue weighted by Crippen LogP contribution is 2.48. The molecule has 0 aliphatic heterocycles. The lowest BCUT2D eigenvalue weighted by Crippen LogP contribution is -2.47. The molecular formula is C19H29FN4. The number of guanidine groups is 1. The lowest BCUT2D eigenvalue weighted by Gasteiger charge is -2.26. The van der Waals surface area contributed by atoms with Gasteiger partial charge >= 0.3 is 0 Å². The van der Waals surface area contributed by atoms with Crippen LogP contribution in [0.5, 0.6) is 0 Å². The molecule has 1 aromatic rings. The third-order valence-electron chi connectivity index (χ3n) is 5.42. The van der Waals surface area contributed by atoms with Gasteiger partial charge in [-0.1, -0.05) is 18.2 Å². The fraction of sp³-hybridized carbons (Fsp3) is 0.632. The summed E-state index contributed by atoms with van der Waals surface area (Å²) in [5.41, 5.74) is 0.762. The smallest absolute Gasteiger partial charge is 0.191 e. The quantitative estimate of drug-likeness (QED) is 0.595. The molecule has 2 fully saturated rings. The number of benzene rings is 1. The zero-order valence-corrected chi connectivity index (χ0v) is 15.0. The minimum Gasteiger partial charge on any atom is -0.356 e. The SMILES string of the molecule is CN=C(NCC(C1CC1)N(C)C)NCC1(c2ccccc2F)CC1. The van der Waals surface area contributed by atoms with Crippen molar-refractivity contribution < 1.29 is 4.39 Å². The van der Waals surface area contributed by atoms with Crippen LogP contribution in [0.1, 0.15) is 31.2 Å². The molecule has 1 atom stereocenters. The second-order valence-corrected chi connectivity index (χ2v) is 7.44. The van der Waals surface area contributed by atoms with Gasteiger partial charge in [0.1, 0.15) is 5.82 Å². The van der Waals surface area contributed by atoms with Gasteiger partial charge in [0.15, 0.2) is 5.96 Å². The summed E-state index contributed by atoms with van der Waals surface area (Å²) in [7, 11) is 6.07. The van der Waals surface area contributed by atoms with E-state index in [0.29, 0.717) is 6.04 Å². The Morgan fingerprint density at radius 2 is 2.00 bits per heavy atom. The zero-order chi connectivity index (χ0) is 17.2. The molecule has 2 saturated carbocycles. The number of nitrogens with one attached hydrogen (secondary N) is 2. The van der Waals surface area contributed by atoms with Crippen molar-refractivity contribution in [2.45, 2.75) is 37.1 Å². The minimum absolute atomic E-state index is 0.0690. The Balaban J connectivity index is 1.54. The summed E-state index contributed by atoms with van der Waals surface area (Å²) < 4.78 is 14.1. The molecule has 5 heteroatoms. The van der Waals surface area contributed by atoms with Crippen molar-refractivity contribution in [3.05, 3.63) is 35.6 Å². The van der Waals surface area contributed by atoms with E-state index in [1.54, 1.807) is 19.2 Å². The fourth-order valence-electron chi connectivity index (χ4n) is 3.51. The molecule has 1 unspecified atom stereocenters. The van der Waals surface area contributed by atoms with E-state index in [1.165, 1.54) is 12.8 Å². The fourth-order valence-corrected chi connectivity index (χ4v) is 3.51. The molecule has 132 valence electrons. The molecule has 0 bridgehead atoms. The Morgan fingerprint density at radius 3 is 2.54 bits per heavy atom. The number of nitrogens with zero attached hydrogens (tertiary/aromatic N) is 2. The summed E-state index contributed by atoms with van der Waals surface area (Å²) in [5.74, 6) is 1.52. The van der Waals surface area contributed by atoms with Crippen LogP contribution < -0.4 is 10.6 Å². The van der Waals surface area contributed by atoms with E-state index in [9.17, 15) is 4.39 Å². The van der Waals surface area contributed by atoms with E-state index >= 15 is 0 Å². The van der Waals surface area contributed by atoms with Crippen LogP contribution in [0, 0.1) is 11.7 Å². The number of halogens is 1. The minimum atomic E-state index is -0.0962. The first-order valence-corrected chi connectivity index (χ1v) is 8.92. The first kappa shape index (κ1) is 17.2. The molecule has 0 aromatic heterocycles. The van der Waals surface area contributed by atoms with Crippen LogP contribution in [0.2, 0.25) is 0 Å². The Morgan fingerprint density at radius 1 is 1.29 bits per heavy atom. The molecule has 0 amide bonds. The van der Waals surface area contributed by atoms with Crippen LogP contribution in [0.25, 0.3) is 0 Å². The van der Waals surface area contributed by atoms with E-state index in [1.807, 2.05) is 12.1 Å². The van der Waals surface area contributed by atoms with Gasteiger partial charge in [-0.05, 0) is 57.3 Å². The number of rotatable bonds is 7. The molecule has 24 heavy (non-hydrogen) atoms. The van der Waals surface area contributed by atoms with Crippen LogP contribution in [-0.4, -0.2) is 51.1 Å². The number of likely N-dealkylation sites (N-methyl/N-ethyl adjacent to an activating group) is 1. The Labute approximate surface area is 144 Å². The normalized spacial score (nSPS) is 20.8. The van der Waals surface area contributed by atoms with Gasteiger partial charge in [-0.25, -0.2) is 4.39 Å². The molecule has 0 spiro atoms. The maximum atomic E-state index is 14.1. The van der Waals surface area contributed by atoms with Crippen molar-refractivity contribution in [2.75, 3.05) is 34.2 Å². The van der Waals surface area contributed by atoms with Crippen molar-refractivity contribution >= 4 is 5.96 Å². The van der Waals surface area contributed by atoms with Gasteiger partial charge in [-0.15, -0.1) is 0 Å². The van der Waals surface area contributed by atoms with Gasteiger partial charge in [-0.3, -0.25) is 4.99 Å². The van der Waals surface area contributed by atoms with Gasteiger partial charge in [-0.2, -0.15) is 0 Å². The molecule has 4 nitrogen and oxygen atoms in total. The van der Waals surface area contributed by atoms with Gasteiger partial charge < -0.3 is 15.5 Å². The van der Waals surface area contributed by atoms with Crippen molar-refractivity contribution in [1.29, 1.82) is 0 Å². The van der Waals surface area contributed by atoms with Crippen molar-refractivity contribution in [1.82, 2.24) is 15.5 Å². The standard InChI is InChI=1S/C19H29FN4/c1-21-18(22-12-17(24(2)3)14-8-9-14)23-13-19(10-11-19)15-6-4-5-7-16(15)20/h4-7,14,17H,8-13H2,1-3H3,(H2,21,22,23). The highest BCUT2D eigenvalue weighted by atomic mass is 19.1. The molecule has 2 aliphatic carbocycles. The maximum absolute atomic E-state index is 14.1. The summed E-state index contributed by atoms with van der Waals surface area (Å²) in [5, 5.41) is 6.85. The summed E-state index contributed by atoms with van der Waals surface area (Å²) >= 11 is 0. The molecule has 2 N–H and O–H groups in total. The third-order valence-corrected chi connectivity index (χ3v) is 5.42. The van der Waals surface area contributed by atoms with Crippen molar-refractivity contribution in [3.8, 4) is 0 Å². The largest absolute Gasteiger partial charge is 0.356 e. The Kier molecular flexibility index (Phi) is 5.09. The van der Waals surface area contributed by atoms with Gasteiger partial charge in [0.2, 0.25) is 0 Å².